The van der Waals surface area contributed by atoms with Crippen LogP contribution < -0.4 is 5.32 Å². The first-order chi connectivity index (χ1) is 16.1. The third kappa shape index (κ3) is 5.09. The van der Waals surface area contributed by atoms with Crippen LogP contribution in [0.15, 0.2) is 67.1 Å². The van der Waals surface area contributed by atoms with Crippen molar-refractivity contribution >= 4 is 29.3 Å². The molecule has 0 unspecified atom stereocenters. The molecule has 0 bridgehead atoms. The molecule has 0 aliphatic rings. The molecule has 0 saturated heterocycles. The Morgan fingerprint density at radius 1 is 1.06 bits per heavy atom. The summed E-state index contributed by atoms with van der Waals surface area (Å²) in [5, 5.41) is 11.8. The van der Waals surface area contributed by atoms with E-state index in [1.807, 2.05) is 31.2 Å². The SMILES string of the molecule is CCc1c(C(=O)OCC(=O)Nc2ccnn2Cc2ccccc2Cl)cnn1-c1ccccn1. The highest BCUT2D eigenvalue weighted by atomic mass is 35.5. The fraction of sp³-hybridized carbons (Fsp3) is 0.174. The van der Waals surface area contributed by atoms with Crippen molar-refractivity contribution in [2.75, 3.05) is 11.9 Å². The van der Waals surface area contributed by atoms with Gasteiger partial charge in [0.2, 0.25) is 0 Å². The lowest BCUT2D eigenvalue weighted by molar-refractivity contribution is -0.119. The zero-order valence-corrected chi connectivity index (χ0v) is 18.6. The monoisotopic (exact) mass is 464 g/mol. The molecule has 4 rings (SSSR count). The standard InChI is InChI=1S/C23H21ClN6O3/c1-2-19-17(13-27-30(19)20-9-5-6-11-25-20)23(32)33-15-22(31)28-21-10-12-26-29(21)14-16-7-3-4-8-18(16)24/h3-13H,2,14-15H2,1H3,(H,28,31). The maximum absolute atomic E-state index is 12.6. The smallest absolute Gasteiger partial charge is 0.342 e. The number of pyridine rings is 1. The number of ether oxygens (including phenoxy) is 1. The van der Waals surface area contributed by atoms with E-state index in [1.54, 1.807) is 46.0 Å². The molecule has 3 heterocycles. The van der Waals surface area contributed by atoms with Gasteiger partial charge in [-0.3, -0.25) is 4.79 Å². The highest BCUT2D eigenvalue weighted by Gasteiger charge is 2.20. The van der Waals surface area contributed by atoms with Gasteiger partial charge in [0, 0.05) is 17.3 Å². The summed E-state index contributed by atoms with van der Waals surface area (Å²) in [4.78, 5) is 29.3. The van der Waals surface area contributed by atoms with E-state index < -0.39 is 18.5 Å². The number of aromatic nitrogens is 5. The fourth-order valence-electron chi connectivity index (χ4n) is 3.30. The van der Waals surface area contributed by atoms with Crippen molar-refractivity contribution in [2.24, 2.45) is 0 Å². The Bertz CT molecular complexity index is 1270. The molecular weight excluding hydrogens is 444 g/mol. The molecule has 0 saturated carbocycles. The zero-order valence-electron chi connectivity index (χ0n) is 17.8. The predicted octanol–water partition coefficient (Wildman–Crippen LogP) is 3.52. The van der Waals surface area contributed by atoms with Crippen LogP contribution in [0.3, 0.4) is 0 Å². The van der Waals surface area contributed by atoms with E-state index in [4.69, 9.17) is 16.3 Å². The van der Waals surface area contributed by atoms with Gasteiger partial charge in [-0.15, -0.1) is 0 Å². The van der Waals surface area contributed by atoms with Crippen molar-refractivity contribution in [3.63, 3.8) is 0 Å². The second-order valence-corrected chi connectivity index (χ2v) is 7.46. The molecule has 0 spiro atoms. The fourth-order valence-corrected chi connectivity index (χ4v) is 3.50. The number of hydrogen-bond donors (Lipinski definition) is 1. The topological polar surface area (TPSA) is 104 Å². The van der Waals surface area contributed by atoms with Crippen molar-refractivity contribution in [2.45, 2.75) is 19.9 Å². The Morgan fingerprint density at radius 2 is 1.88 bits per heavy atom. The van der Waals surface area contributed by atoms with Crippen LogP contribution >= 0.6 is 11.6 Å². The van der Waals surface area contributed by atoms with E-state index in [0.29, 0.717) is 40.9 Å². The normalized spacial score (nSPS) is 10.7. The van der Waals surface area contributed by atoms with Gasteiger partial charge in [-0.25, -0.2) is 19.1 Å². The minimum absolute atomic E-state index is 0.291. The highest BCUT2D eigenvalue weighted by Crippen LogP contribution is 2.18. The Labute approximate surface area is 195 Å². The molecule has 0 fully saturated rings. The average molecular weight is 465 g/mol. The molecule has 10 heteroatoms. The van der Waals surface area contributed by atoms with Crippen LogP contribution in [0.2, 0.25) is 5.02 Å². The summed E-state index contributed by atoms with van der Waals surface area (Å²) in [6.45, 7) is 1.84. The van der Waals surface area contributed by atoms with Gasteiger partial charge in [-0.2, -0.15) is 10.2 Å². The average Bonchev–Trinajstić information content (AvgIpc) is 3.46. The third-order valence-electron chi connectivity index (χ3n) is 4.89. The molecule has 1 N–H and O–H groups in total. The van der Waals surface area contributed by atoms with Crippen molar-refractivity contribution in [1.29, 1.82) is 0 Å². The summed E-state index contributed by atoms with van der Waals surface area (Å²) < 4.78 is 8.42. The first kappa shape index (κ1) is 22.2. The summed E-state index contributed by atoms with van der Waals surface area (Å²) in [6, 6.07) is 14.5. The van der Waals surface area contributed by atoms with Crippen LogP contribution in [0.4, 0.5) is 5.82 Å². The Balaban J connectivity index is 1.39. The number of nitrogens with one attached hydrogen (secondary N) is 1. The number of hydrogen-bond acceptors (Lipinski definition) is 6. The number of anilines is 1. The quantitative estimate of drug-likeness (QED) is 0.400. The summed E-state index contributed by atoms with van der Waals surface area (Å²) in [5.41, 5.74) is 1.80. The van der Waals surface area contributed by atoms with Gasteiger partial charge in [-0.1, -0.05) is 42.8 Å². The molecule has 9 nitrogen and oxygen atoms in total. The van der Waals surface area contributed by atoms with Gasteiger partial charge < -0.3 is 10.1 Å². The van der Waals surface area contributed by atoms with Gasteiger partial charge in [-0.05, 0) is 30.2 Å². The number of esters is 1. The van der Waals surface area contributed by atoms with Crippen LogP contribution in [0.5, 0.6) is 0 Å². The first-order valence-electron chi connectivity index (χ1n) is 10.3. The Kier molecular flexibility index (Phi) is 6.80. The van der Waals surface area contributed by atoms with E-state index in [0.717, 1.165) is 5.56 Å². The van der Waals surface area contributed by atoms with Crippen LogP contribution in [0.25, 0.3) is 5.82 Å². The first-order valence-corrected chi connectivity index (χ1v) is 10.6. The largest absolute Gasteiger partial charge is 0.452 e. The van der Waals surface area contributed by atoms with Gasteiger partial charge >= 0.3 is 5.97 Å². The lowest BCUT2D eigenvalue weighted by Crippen LogP contribution is -2.23. The van der Waals surface area contributed by atoms with E-state index in [9.17, 15) is 9.59 Å². The third-order valence-corrected chi connectivity index (χ3v) is 5.26. The van der Waals surface area contributed by atoms with Crippen molar-refractivity contribution in [3.05, 3.63) is 89.0 Å². The molecule has 3 aromatic heterocycles. The molecular formula is C23H21ClN6O3. The molecule has 1 aromatic carbocycles. The van der Waals surface area contributed by atoms with Crippen molar-refractivity contribution in [1.82, 2.24) is 24.5 Å². The van der Waals surface area contributed by atoms with Crippen LogP contribution in [0, 0.1) is 0 Å². The lowest BCUT2D eigenvalue weighted by Gasteiger charge is -2.11. The molecule has 0 aliphatic heterocycles. The van der Waals surface area contributed by atoms with Crippen LogP contribution in [0.1, 0.15) is 28.5 Å². The van der Waals surface area contributed by atoms with Crippen molar-refractivity contribution in [3.8, 4) is 5.82 Å². The van der Waals surface area contributed by atoms with Gasteiger partial charge in [0.15, 0.2) is 12.4 Å². The van der Waals surface area contributed by atoms with Crippen molar-refractivity contribution < 1.29 is 14.3 Å². The Hall–Kier alpha value is -3.98. The van der Waals surface area contributed by atoms with Gasteiger partial charge in [0.05, 0.1) is 24.6 Å². The number of carbonyl (C=O) groups is 2. The maximum atomic E-state index is 12.6. The maximum Gasteiger partial charge on any atom is 0.342 e. The molecule has 168 valence electrons. The second-order valence-electron chi connectivity index (χ2n) is 7.05. The minimum Gasteiger partial charge on any atom is -0.452 e. The number of nitrogens with zero attached hydrogens (tertiary/aromatic N) is 5. The van der Waals surface area contributed by atoms with Crippen LogP contribution in [-0.4, -0.2) is 43.0 Å². The number of halogens is 1. The van der Waals surface area contributed by atoms with Gasteiger partial charge in [0.25, 0.3) is 5.91 Å². The molecule has 0 aliphatic carbocycles. The number of benzene rings is 1. The molecule has 0 atom stereocenters. The lowest BCUT2D eigenvalue weighted by atomic mass is 10.2. The highest BCUT2D eigenvalue weighted by molar-refractivity contribution is 6.31. The molecule has 0 radical (unpaired) electrons. The van der Waals surface area contributed by atoms with E-state index in [-0.39, 0.29) is 0 Å². The Morgan fingerprint density at radius 3 is 2.64 bits per heavy atom. The predicted molar refractivity (Wildman–Crippen MR) is 122 cm³/mol. The second kappa shape index (κ2) is 10.1. The molecule has 4 aromatic rings. The molecule has 33 heavy (non-hydrogen) atoms. The van der Waals surface area contributed by atoms with Gasteiger partial charge in [0.1, 0.15) is 11.4 Å². The number of rotatable bonds is 8. The van der Waals surface area contributed by atoms with E-state index in [2.05, 4.69) is 20.5 Å². The van der Waals surface area contributed by atoms with E-state index >= 15 is 0 Å². The van der Waals surface area contributed by atoms with Crippen LogP contribution in [-0.2, 0) is 22.5 Å². The number of carbonyl (C=O) groups excluding carboxylic acids is 2. The zero-order chi connectivity index (χ0) is 23.2. The number of amides is 1. The van der Waals surface area contributed by atoms with E-state index in [1.165, 1.54) is 6.20 Å². The summed E-state index contributed by atoms with van der Waals surface area (Å²) in [7, 11) is 0. The minimum atomic E-state index is -0.631. The summed E-state index contributed by atoms with van der Waals surface area (Å²) in [5.74, 6) is -0.0562. The summed E-state index contributed by atoms with van der Waals surface area (Å²) >= 11 is 6.21. The summed E-state index contributed by atoms with van der Waals surface area (Å²) in [6.07, 6.45) is 5.17. The molecule has 1 amide bonds.